The van der Waals surface area contributed by atoms with Crippen molar-refractivity contribution in [3.8, 4) is 0 Å². The van der Waals surface area contributed by atoms with Crippen LogP contribution in [-0.4, -0.2) is 14.7 Å². The third-order valence-electron chi connectivity index (χ3n) is 19.0. The maximum absolute atomic E-state index is 4.26. The predicted octanol–water partition coefficient (Wildman–Crippen LogP) is 19.1. The van der Waals surface area contributed by atoms with Gasteiger partial charge in [-0.25, -0.2) is 0 Å². The monoisotopic (exact) mass is 875 g/mol. The third-order valence-corrected chi connectivity index (χ3v) is 28.4. The van der Waals surface area contributed by atoms with Gasteiger partial charge in [-0.05, 0) is 111 Å². The number of rotatable bonds is 21. The topological polar surface area (TPSA) is 0 Å². The first-order valence-corrected chi connectivity index (χ1v) is 30.6. The van der Waals surface area contributed by atoms with Crippen LogP contribution in [-0.2, 0) is 0 Å². The zero-order valence-electron chi connectivity index (χ0n) is 39.5. The quantitative estimate of drug-likeness (QED) is 0.101. The highest BCUT2D eigenvalue weighted by Crippen LogP contribution is 2.87. The summed E-state index contributed by atoms with van der Waals surface area (Å²) in [4.78, 5) is 1.14. The Bertz CT molecular complexity index is 968. The Kier molecular flexibility index (Phi) is 21.1. The van der Waals surface area contributed by atoms with E-state index in [4.69, 9.17) is 0 Å². The molecule has 58 heavy (non-hydrogen) atoms. The predicted molar refractivity (Wildman–Crippen MR) is 273 cm³/mol. The lowest BCUT2D eigenvalue weighted by atomic mass is 9.70. The van der Waals surface area contributed by atoms with Gasteiger partial charge in [-0.15, -0.1) is 27.7 Å². The van der Waals surface area contributed by atoms with E-state index in [2.05, 4.69) is 48.5 Å². The van der Waals surface area contributed by atoms with E-state index in [9.17, 15) is 0 Å². The van der Waals surface area contributed by atoms with Gasteiger partial charge >= 0.3 is 0 Å². The van der Waals surface area contributed by atoms with Gasteiger partial charge in [-0.3, -0.25) is 0 Å². The molecule has 0 aromatic carbocycles. The maximum Gasteiger partial charge on any atom is 0.0124 e. The second-order valence-corrected chi connectivity index (χ2v) is 29.8. The van der Waals surface area contributed by atoms with Gasteiger partial charge < -0.3 is 0 Å². The molecule has 0 N–H and O–H groups in total. The lowest BCUT2D eigenvalue weighted by molar-refractivity contribution is 0.131. The molecule has 0 amide bonds. The number of hydrogen-bond acceptors (Lipinski definition) is 0. The Morgan fingerprint density at radius 2 is 0.552 bits per heavy atom. The summed E-state index contributed by atoms with van der Waals surface area (Å²) in [6.07, 6.45) is 58.9. The molecular weight excluding hydrogens is 772 g/mol. The van der Waals surface area contributed by atoms with Crippen molar-refractivity contribution in [1.29, 1.82) is 0 Å². The zero-order valence-corrected chi connectivity index (χ0v) is 43.8. The molecular formula is C54H102P4. The Morgan fingerprint density at radius 3 is 0.759 bits per heavy atom. The first-order chi connectivity index (χ1) is 28.3. The van der Waals surface area contributed by atoms with Gasteiger partial charge in [0, 0.05) is 14.7 Å². The molecule has 0 aromatic heterocycles. The molecule has 0 heterocycles. The average molecular weight is 875 g/mol. The van der Waals surface area contributed by atoms with Gasteiger partial charge in [0.05, 0.1) is 0 Å². The summed E-state index contributed by atoms with van der Waals surface area (Å²) in [5.41, 5.74) is 0. The molecule has 9 unspecified atom stereocenters. The lowest BCUT2D eigenvalue weighted by Crippen LogP contribution is -2.59. The average Bonchev–Trinajstić information content (AvgIpc) is 3.28. The molecule has 0 spiro atoms. The van der Waals surface area contributed by atoms with Crippen LogP contribution in [0.1, 0.15) is 271 Å². The van der Waals surface area contributed by atoms with Gasteiger partial charge in [-0.2, -0.15) is 0 Å². The maximum atomic E-state index is 4.26. The molecule has 6 aliphatic rings. The number of hydrogen-bond donors (Lipinski definition) is 0. The van der Waals surface area contributed by atoms with E-state index in [1.807, 2.05) is 0 Å². The van der Waals surface area contributed by atoms with E-state index in [1.165, 1.54) is 173 Å². The van der Waals surface area contributed by atoms with Crippen LogP contribution < -0.4 is 0 Å². The van der Waals surface area contributed by atoms with Crippen LogP contribution in [0, 0.1) is 53.3 Å². The minimum atomic E-state index is -0.419. The highest BCUT2D eigenvalue weighted by Gasteiger charge is 2.67. The van der Waals surface area contributed by atoms with E-state index < -0.39 is 7.92 Å². The summed E-state index contributed by atoms with van der Waals surface area (Å²) in [7, 11) is 12.4. The van der Waals surface area contributed by atoms with E-state index in [-0.39, 0.29) is 0 Å². The van der Waals surface area contributed by atoms with Gasteiger partial charge in [-0.1, -0.05) is 221 Å². The normalized spacial score (nSPS) is 28.9. The fourth-order valence-corrected chi connectivity index (χ4v) is 29.7. The van der Waals surface area contributed by atoms with Gasteiger partial charge in [0.2, 0.25) is 0 Å². The van der Waals surface area contributed by atoms with Crippen molar-refractivity contribution >= 4 is 35.6 Å². The van der Waals surface area contributed by atoms with Crippen molar-refractivity contribution in [2.75, 3.05) is 0 Å². The van der Waals surface area contributed by atoms with E-state index in [1.54, 1.807) is 77.0 Å². The van der Waals surface area contributed by atoms with Crippen molar-refractivity contribution in [3.05, 3.63) is 0 Å². The van der Waals surface area contributed by atoms with Gasteiger partial charge in [0.1, 0.15) is 0 Å². The van der Waals surface area contributed by atoms with Crippen molar-refractivity contribution in [3.63, 3.8) is 0 Å². The van der Waals surface area contributed by atoms with E-state index in [0.29, 0.717) is 14.7 Å². The molecule has 0 aliphatic heterocycles. The molecule has 6 fully saturated rings. The zero-order chi connectivity index (χ0) is 40.9. The van der Waals surface area contributed by atoms with Crippen LogP contribution in [0.2, 0.25) is 0 Å². The highest BCUT2D eigenvalue weighted by molar-refractivity contribution is 7.79. The Morgan fingerprint density at radius 1 is 0.345 bits per heavy atom. The Hall–Kier alpha value is 1.72. The summed E-state index contributed by atoms with van der Waals surface area (Å²) < 4.78 is 0. The van der Waals surface area contributed by atoms with Crippen LogP contribution >= 0.6 is 35.6 Å². The second-order valence-electron chi connectivity index (χ2n) is 22.4. The molecule has 0 bridgehead atoms. The third kappa shape index (κ3) is 11.4. The summed E-state index contributed by atoms with van der Waals surface area (Å²) in [5, 5.41) is 0. The molecule has 6 rings (SSSR count). The Labute approximate surface area is 373 Å². The van der Waals surface area contributed by atoms with Crippen molar-refractivity contribution < 1.29 is 0 Å². The molecule has 0 radical (unpaired) electrons. The van der Waals surface area contributed by atoms with Crippen LogP contribution in [0.4, 0.5) is 0 Å². The van der Waals surface area contributed by atoms with Crippen LogP contribution in [0.25, 0.3) is 0 Å². The summed E-state index contributed by atoms with van der Waals surface area (Å²) in [5.74, 6) is 8.29. The SMILES string of the molecule is CCCCC(C1CCCCC1)C(P)(C1CCCCC1)P(C(P)(C1CCCCC1)C(CCCC)C1CCCCC1)C(P)(C1CCCCC1)C(CCCC)C1CCCCC1. The first-order valence-electron chi connectivity index (χ1n) is 27.5. The van der Waals surface area contributed by atoms with Gasteiger partial charge in [0.25, 0.3) is 0 Å². The summed E-state index contributed by atoms with van der Waals surface area (Å²) in [6, 6.07) is 0. The molecule has 6 saturated carbocycles. The first kappa shape index (κ1) is 49.2. The summed E-state index contributed by atoms with van der Waals surface area (Å²) in [6.45, 7) is 7.64. The van der Waals surface area contributed by atoms with E-state index >= 15 is 0 Å². The van der Waals surface area contributed by atoms with E-state index in [0.717, 1.165) is 53.3 Å². The molecule has 9 atom stereocenters. The van der Waals surface area contributed by atoms with Crippen LogP contribution in [0.3, 0.4) is 0 Å². The number of unbranched alkanes of at least 4 members (excludes halogenated alkanes) is 3. The minimum Gasteiger partial charge on any atom is -0.126 e. The fraction of sp³-hybridized carbons (Fsp3) is 1.00. The molecule has 0 saturated heterocycles. The van der Waals surface area contributed by atoms with Crippen molar-refractivity contribution in [2.45, 2.75) is 286 Å². The standard InChI is InChI=1S/C54H102P4/c1-4-7-40-49(43-28-16-10-17-29-43)52(55,46-34-22-13-23-35-46)58(53(56,47-36-24-14-25-37-47)50(41-8-5-2)44-30-18-11-19-31-44)54(57,48-38-26-15-27-39-48)51(42-9-6-3)45-32-20-12-21-33-45/h43-51H,4-42,55-57H2,1-3H3. The smallest absolute Gasteiger partial charge is 0.0124 e. The summed E-state index contributed by atoms with van der Waals surface area (Å²) >= 11 is 0. The molecule has 338 valence electrons. The van der Waals surface area contributed by atoms with Crippen LogP contribution in [0.5, 0.6) is 0 Å². The van der Waals surface area contributed by atoms with Crippen molar-refractivity contribution in [1.82, 2.24) is 0 Å². The molecule has 6 aliphatic carbocycles. The second kappa shape index (κ2) is 24.9. The highest BCUT2D eigenvalue weighted by atomic mass is 31.2. The minimum absolute atomic E-state index is 0.379. The Balaban J connectivity index is 1.71. The molecule has 0 nitrogen and oxygen atoms in total. The lowest BCUT2D eigenvalue weighted by Gasteiger charge is -2.70. The van der Waals surface area contributed by atoms with Crippen molar-refractivity contribution in [2.24, 2.45) is 53.3 Å². The molecule has 0 aromatic rings. The van der Waals surface area contributed by atoms with Gasteiger partial charge in [0.15, 0.2) is 0 Å². The fourth-order valence-electron chi connectivity index (χ4n) is 16.1. The molecule has 4 heteroatoms. The van der Waals surface area contributed by atoms with Crippen LogP contribution in [0.15, 0.2) is 0 Å². The largest absolute Gasteiger partial charge is 0.126 e.